The highest BCUT2D eigenvalue weighted by atomic mass is 35.5. The van der Waals surface area contributed by atoms with Gasteiger partial charge in [-0.3, -0.25) is 4.79 Å². The molecule has 1 aromatic carbocycles. The van der Waals surface area contributed by atoms with E-state index in [1.165, 1.54) is 11.1 Å². The largest absolute Gasteiger partial charge is 0.324 e. The molecule has 0 saturated carbocycles. The molecule has 0 spiro atoms. The zero-order valence-corrected chi connectivity index (χ0v) is 14.1. The van der Waals surface area contributed by atoms with Crippen LogP contribution in [0.2, 0.25) is 0 Å². The van der Waals surface area contributed by atoms with Gasteiger partial charge in [0.25, 0.3) is 0 Å². The molecule has 1 amide bonds. The van der Waals surface area contributed by atoms with E-state index in [1.807, 2.05) is 16.7 Å². The van der Waals surface area contributed by atoms with E-state index in [2.05, 4.69) is 45.0 Å². The van der Waals surface area contributed by atoms with Gasteiger partial charge in [0.2, 0.25) is 5.91 Å². The summed E-state index contributed by atoms with van der Waals surface area (Å²) < 4.78 is 0. The van der Waals surface area contributed by atoms with Gasteiger partial charge < -0.3 is 4.90 Å². The molecule has 2 unspecified atom stereocenters. The number of carbonyl (C=O) groups is 1. The minimum Gasteiger partial charge on any atom is -0.324 e. The lowest BCUT2D eigenvalue weighted by Gasteiger charge is -2.26. The molecule has 1 saturated heterocycles. The Hall–Kier alpha value is -0.670. The first-order valence-corrected chi connectivity index (χ1v) is 8.46. The fourth-order valence-corrected chi connectivity index (χ4v) is 3.74. The lowest BCUT2D eigenvalue weighted by Crippen LogP contribution is -2.35. The lowest BCUT2D eigenvalue weighted by molar-refractivity contribution is -0.130. The molecular weight excluding hydrogens is 290 g/mol. The Morgan fingerprint density at radius 3 is 2.45 bits per heavy atom. The Kier molecular flexibility index (Phi) is 4.70. The fraction of sp³-hybridized carbons (Fsp3) is 0.562. The van der Waals surface area contributed by atoms with Crippen molar-refractivity contribution in [2.75, 3.05) is 12.3 Å². The van der Waals surface area contributed by atoms with Gasteiger partial charge in [0.15, 0.2) is 0 Å². The monoisotopic (exact) mass is 311 g/mol. The van der Waals surface area contributed by atoms with E-state index >= 15 is 0 Å². The van der Waals surface area contributed by atoms with Gasteiger partial charge in [-0.15, -0.1) is 23.4 Å². The normalized spacial score (nSPS) is 21.1. The zero-order valence-electron chi connectivity index (χ0n) is 12.5. The van der Waals surface area contributed by atoms with Crippen molar-refractivity contribution in [3.05, 3.63) is 35.4 Å². The van der Waals surface area contributed by atoms with Gasteiger partial charge in [-0.05, 0) is 23.5 Å². The minimum atomic E-state index is -0.454. The number of benzene rings is 1. The van der Waals surface area contributed by atoms with Crippen molar-refractivity contribution in [2.45, 2.75) is 43.9 Å². The molecule has 1 aliphatic heterocycles. The van der Waals surface area contributed by atoms with Gasteiger partial charge in [-0.2, -0.15) is 0 Å². The van der Waals surface area contributed by atoms with Gasteiger partial charge >= 0.3 is 0 Å². The SMILES string of the molecule is CC(Cl)C(=O)N1CCSC1c1ccc(C(C)(C)C)cc1. The lowest BCUT2D eigenvalue weighted by atomic mass is 9.86. The Labute approximate surface area is 130 Å². The fourth-order valence-electron chi connectivity index (χ4n) is 2.35. The number of hydrogen-bond acceptors (Lipinski definition) is 2. The molecule has 1 aliphatic rings. The Morgan fingerprint density at radius 1 is 1.35 bits per heavy atom. The van der Waals surface area contributed by atoms with E-state index in [1.54, 1.807) is 6.92 Å². The quantitative estimate of drug-likeness (QED) is 0.763. The van der Waals surface area contributed by atoms with Gasteiger partial charge in [0.1, 0.15) is 10.8 Å². The average molecular weight is 312 g/mol. The molecule has 4 heteroatoms. The number of amides is 1. The maximum atomic E-state index is 12.1. The minimum absolute atomic E-state index is 0.0292. The van der Waals surface area contributed by atoms with Crippen LogP contribution in [-0.2, 0) is 10.2 Å². The van der Waals surface area contributed by atoms with Gasteiger partial charge in [0.05, 0.1) is 0 Å². The second-order valence-corrected chi connectivity index (χ2v) is 8.09. The van der Waals surface area contributed by atoms with Crippen molar-refractivity contribution in [1.82, 2.24) is 4.90 Å². The highest BCUT2D eigenvalue weighted by Crippen LogP contribution is 2.39. The molecule has 2 atom stereocenters. The van der Waals surface area contributed by atoms with Crippen LogP contribution in [0, 0.1) is 0 Å². The molecule has 0 N–H and O–H groups in total. The van der Waals surface area contributed by atoms with Crippen molar-refractivity contribution in [3.63, 3.8) is 0 Å². The van der Waals surface area contributed by atoms with Crippen LogP contribution in [0.4, 0.5) is 0 Å². The molecule has 2 rings (SSSR count). The first kappa shape index (κ1) is 15.7. The van der Waals surface area contributed by atoms with E-state index < -0.39 is 5.38 Å². The van der Waals surface area contributed by atoms with Crippen molar-refractivity contribution in [1.29, 1.82) is 0 Å². The second kappa shape index (κ2) is 5.98. The molecule has 1 heterocycles. The molecule has 110 valence electrons. The maximum Gasteiger partial charge on any atom is 0.241 e. The predicted molar refractivity (Wildman–Crippen MR) is 87.4 cm³/mol. The summed E-state index contributed by atoms with van der Waals surface area (Å²) in [6.07, 6.45) is 0. The van der Waals surface area contributed by atoms with Crippen LogP contribution in [0.15, 0.2) is 24.3 Å². The van der Waals surface area contributed by atoms with Crippen molar-refractivity contribution >= 4 is 29.3 Å². The number of carbonyl (C=O) groups excluding carboxylic acids is 1. The highest BCUT2D eigenvalue weighted by Gasteiger charge is 2.32. The molecule has 20 heavy (non-hydrogen) atoms. The van der Waals surface area contributed by atoms with E-state index in [-0.39, 0.29) is 16.7 Å². The third-order valence-electron chi connectivity index (χ3n) is 3.58. The van der Waals surface area contributed by atoms with E-state index in [0.717, 1.165) is 12.3 Å². The number of hydrogen-bond donors (Lipinski definition) is 0. The Balaban J connectivity index is 2.20. The highest BCUT2D eigenvalue weighted by molar-refractivity contribution is 7.99. The van der Waals surface area contributed by atoms with Crippen molar-refractivity contribution < 1.29 is 4.79 Å². The number of alkyl halides is 1. The van der Waals surface area contributed by atoms with Gasteiger partial charge in [-0.1, -0.05) is 45.0 Å². The summed E-state index contributed by atoms with van der Waals surface area (Å²) in [6, 6.07) is 8.62. The number of halogens is 1. The smallest absolute Gasteiger partial charge is 0.241 e. The molecule has 0 radical (unpaired) electrons. The predicted octanol–water partition coefficient (Wildman–Crippen LogP) is 4.19. The second-order valence-electron chi connectivity index (χ2n) is 6.24. The number of thioether (sulfide) groups is 1. The Morgan fingerprint density at radius 2 is 1.95 bits per heavy atom. The topological polar surface area (TPSA) is 20.3 Å². The van der Waals surface area contributed by atoms with Crippen LogP contribution in [0.5, 0.6) is 0 Å². The van der Waals surface area contributed by atoms with Crippen LogP contribution in [0.25, 0.3) is 0 Å². The Bertz CT molecular complexity index is 478. The average Bonchev–Trinajstić information content (AvgIpc) is 2.85. The van der Waals surface area contributed by atoms with E-state index in [0.29, 0.717) is 0 Å². The number of rotatable bonds is 2. The molecule has 2 nitrogen and oxygen atoms in total. The first-order valence-electron chi connectivity index (χ1n) is 6.97. The van der Waals surface area contributed by atoms with Crippen LogP contribution in [0.3, 0.4) is 0 Å². The van der Waals surface area contributed by atoms with Crippen LogP contribution >= 0.6 is 23.4 Å². The van der Waals surface area contributed by atoms with Crippen molar-refractivity contribution in [3.8, 4) is 0 Å². The third-order valence-corrected chi connectivity index (χ3v) is 5.02. The first-order chi connectivity index (χ1) is 9.30. The van der Waals surface area contributed by atoms with E-state index in [9.17, 15) is 4.79 Å². The van der Waals surface area contributed by atoms with Crippen LogP contribution in [-0.4, -0.2) is 28.5 Å². The van der Waals surface area contributed by atoms with E-state index in [4.69, 9.17) is 11.6 Å². The van der Waals surface area contributed by atoms with Crippen molar-refractivity contribution in [2.24, 2.45) is 0 Å². The summed E-state index contributed by atoms with van der Waals surface area (Å²) in [4.78, 5) is 14.0. The molecular formula is C16H22ClNOS. The van der Waals surface area contributed by atoms with Crippen LogP contribution in [0.1, 0.15) is 44.2 Å². The summed E-state index contributed by atoms with van der Waals surface area (Å²) in [7, 11) is 0. The summed E-state index contributed by atoms with van der Waals surface area (Å²) >= 11 is 7.75. The van der Waals surface area contributed by atoms with Gasteiger partial charge in [-0.25, -0.2) is 0 Å². The third kappa shape index (κ3) is 3.32. The summed E-state index contributed by atoms with van der Waals surface area (Å²) in [5.41, 5.74) is 2.65. The summed E-state index contributed by atoms with van der Waals surface area (Å²) in [5.74, 6) is 1.00. The van der Waals surface area contributed by atoms with Gasteiger partial charge in [0, 0.05) is 12.3 Å². The standard InChI is InChI=1S/C16H22ClNOS/c1-11(17)14(19)18-9-10-20-15(18)12-5-7-13(8-6-12)16(2,3)4/h5-8,11,15H,9-10H2,1-4H3. The summed E-state index contributed by atoms with van der Waals surface area (Å²) in [6.45, 7) is 9.14. The molecule has 1 fully saturated rings. The molecule has 0 aliphatic carbocycles. The molecule has 1 aromatic rings. The summed E-state index contributed by atoms with van der Waals surface area (Å²) in [5, 5.41) is -0.345. The molecule has 0 bridgehead atoms. The van der Waals surface area contributed by atoms with Crippen LogP contribution < -0.4 is 0 Å². The molecule has 0 aromatic heterocycles. The maximum absolute atomic E-state index is 12.1. The number of nitrogens with zero attached hydrogens (tertiary/aromatic N) is 1. The zero-order chi connectivity index (χ0) is 14.9.